The quantitative estimate of drug-likeness (QED) is 0.732. The van der Waals surface area contributed by atoms with Gasteiger partial charge in [0.05, 0.1) is 6.10 Å². The van der Waals surface area contributed by atoms with Crippen LogP contribution in [0.1, 0.15) is 30.9 Å². The van der Waals surface area contributed by atoms with Crippen LogP contribution in [0.25, 0.3) is 0 Å². The number of aliphatic hydroxyl groups excluding tert-OH is 1. The predicted octanol–water partition coefficient (Wildman–Crippen LogP) is 2.19. The van der Waals surface area contributed by atoms with Crippen molar-refractivity contribution in [1.29, 1.82) is 0 Å². The van der Waals surface area contributed by atoms with Crippen LogP contribution in [-0.4, -0.2) is 23.7 Å². The van der Waals surface area contributed by atoms with Gasteiger partial charge in [-0.15, -0.1) is 0 Å². The average Bonchev–Trinajstić information content (AvgIpc) is 2.91. The first-order valence-corrected chi connectivity index (χ1v) is 7.11. The molecule has 18 heavy (non-hydrogen) atoms. The van der Waals surface area contributed by atoms with Crippen LogP contribution in [0.2, 0.25) is 0 Å². The molecule has 2 atom stereocenters. The van der Waals surface area contributed by atoms with Crippen LogP contribution in [-0.2, 0) is 0 Å². The van der Waals surface area contributed by atoms with Gasteiger partial charge in [0.25, 0.3) is 0 Å². The van der Waals surface area contributed by atoms with E-state index in [-0.39, 0.29) is 18.6 Å². The molecule has 1 heterocycles. The predicted molar refractivity (Wildman–Crippen MR) is 72.6 cm³/mol. The number of carbonyl (C=O) groups is 1. The minimum atomic E-state index is -0.635. The summed E-state index contributed by atoms with van der Waals surface area (Å²) >= 11 is 1.53. The van der Waals surface area contributed by atoms with E-state index in [9.17, 15) is 9.90 Å². The van der Waals surface area contributed by atoms with Crippen LogP contribution in [0.4, 0.5) is 4.79 Å². The van der Waals surface area contributed by atoms with Crippen molar-refractivity contribution < 1.29 is 9.90 Å². The number of rotatable bonds is 4. The van der Waals surface area contributed by atoms with Crippen molar-refractivity contribution in [3.05, 3.63) is 34.5 Å². The zero-order valence-corrected chi connectivity index (χ0v) is 11.0. The summed E-state index contributed by atoms with van der Waals surface area (Å²) in [4.78, 5) is 11.6. The number of nitrogens with one attached hydrogen (secondary N) is 2. The summed E-state index contributed by atoms with van der Waals surface area (Å²) < 4.78 is 0. The fourth-order valence-electron chi connectivity index (χ4n) is 1.92. The molecule has 0 saturated carbocycles. The maximum absolute atomic E-state index is 11.6. The Morgan fingerprint density at radius 2 is 2.50 bits per heavy atom. The molecule has 5 heteroatoms. The van der Waals surface area contributed by atoms with Crippen molar-refractivity contribution in [3.8, 4) is 0 Å². The fourth-order valence-corrected chi connectivity index (χ4v) is 2.63. The van der Waals surface area contributed by atoms with E-state index in [4.69, 9.17) is 0 Å². The maximum atomic E-state index is 11.6. The van der Waals surface area contributed by atoms with Crippen LogP contribution >= 0.6 is 11.3 Å². The summed E-state index contributed by atoms with van der Waals surface area (Å²) in [5.41, 5.74) is 0.845. The summed E-state index contributed by atoms with van der Waals surface area (Å²) in [6.45, 7) is 0.235. The average molecular weight is 266 g/mol. The van der Waals surface area contributed by atoms with E-state index in [1.54, 1.807) is 0 Å². The topological polar surface area (TPSA) is 61.4 Å². The number of carbonyl (C=O) groups excluding carboxylic acids is 1. The van der Waals surface area contributed by atoms with Gasteiger partial charge in [-0.2, -0.15) is 11.3 Å². The van der Waals surface area contributed by atoms with Gasteiger partial charge in [0, 0.05) is 12.6 Å². The van der Waals surface area contributed by atoms with Crippen LogP contribution in [0.5, 0.6) is 0 Å². The molecule has 0 radical (unpaired) electrons. The summed E-state index contributed by atoms with van der Waals surface area (Å²) in [7, 11) is 0. The molecule has 2 unspecified atom stereocenters. The molecule has 0 bridgehead atoms. The molecule has 2 amide bonds. The second-order valence-corrected chi connectivity index (χ2v) is 5.17. The number of urea groups is 1. The normalized spacial score (nSPS) is 20.4. The summed E-state index contributed by atoms with van der Waals surface area (Å²) in [5, 5.41) is 19.2. The molecule has 0 aliphatic heterocycles. The van der Waals surface area contributed by atoms with E-state index >= 15 is 0 Å². The first-order valence-electron chi connectivity index (χ1n) is 6.17. The van der Waals surface area contributed by atoms with Crippen LogP contribution in [0.15, 0.2) is 29.0 Å². The van der Waals surface area contributed by atoms with Gasteiger partial charge in [-0.1, -0.05) is 12.2 Å². The standard InChI is InChI=1S/C13H18N2O2S/c16-12(10-6-7-18-9-10)8-14-13(17)15-11-4-2-1-3-5-11/h2,4,6-7,9,11-12,16H,1,3,5,8H2,(H2,14,15,17). The monoisotopic (exact) mass is 266 g/mol. The number of hydrogen-bond acceptors (Lipinski definition) is 3. The highest BCUT2D eigenvalue weighted by Crippen LogP contribution is 2.15. The lowest BCUT2D eigenvalue weighted by Crippen LogP contribution is -2.43. The number of hydrogen-bond donors (Lipinski definition) is 3. The molecule has 1 aliphatic rings. The minimum Gasteiger partial charge on any atom is -0.387 e. The second-order valence-electron chi connectivity index (χ2n) is 4.39. The molecular weight excluding hydrogens is 248 g/mol. The molecular formula is C13H18N2O2S. The minimum absolute atomic E-state index is 0.122. The van der Waals surface area contributed by atoms with Crippen LogP contribution in [0.3, 0.4) is 0 Å². The molecule has 0 spiro atoms. The lowest BCUT2D eigenvalue weighted by Gasteiger charge is -2.19. The van der Waals surface area contributed by atoms with Crippen molar-refractivity contribution in [3.63, 3.8) is 0 Å². The first-order chi connectivity index (χ1) is 8.75. The van der Waals surface area contributed by atoms with Gasteiger partial charge in [0.15, 0.2) is 0 Å². The maximum Gasteiger partial charge on any atom is 0.315 e. The fraction of sp³-hybridized carbons (Fsp3) is 0.462. The molecule has 1 aromatic heterocycles. The Labute approximate surface area is 111 Å². The van der Waals surface area contributed by atoms with Gasteiger partial charge in [-0.25, -0.2) is 4.79 Å². The third kappa shape index (κ3) is 3.85. The Balaban J connectivity index is 1.71. The van der Waals surface area contributed by atoms with Crippen molar-refractivity contribution in [1.82, 2.24) is 10.6 Å². The summed E-state index contributed by atoms with van der Waals surface area (Å²) in [6, 6.07) is 1.76. The van der Waals surface area contributed by atoms with E-state index in [1.165, 1.54) is 11.3 Å². The highest BCUT2D eigenvalue weighted by atomic mass is 32.1. The highest BCUT2D eigenvalue weighted by Gasteiger charge is 2.13. The molecule has 0 saturated heterocycles. The van der Waals surface area contributed by atoms with Crippen molar-refractivity contribution >= 4 is 17.4 Å². The summed E-state index contributed by atoms with van der Waals surface area (Å²) in [5.74, 6) is 0. The second kappa shape index (κ2) is 6.56. The third-order valence-corrected chi connectivity index (χ3v) is 3.66. The third-order valence-electron chi connectivity index (χ3n) is 2.95. The zero-order chi connectivity index (χ0) is 12.8. The van der Waals surface area contributed by atoms with E-state index in [0.29, 0.717) is 0 Å². The van der Waals surface area contributed by atoms with Gasteiger partial charge in [0.1, 0.15) is 0 Å². The number of allylic oxidation sites excluding steroid dienone is 1. The zero-order valence-electron chi connectivity index (χ0n) is 10.1. The SMILES string of the molecule is O=C(NCC(O)c1ccsc1)NC1C=CCCC1. The van der Waals surface area contributed by atoms with Gasteiger partial charge < -0.3 is 15.7 Å². The van der Waals surface area contributed by atoms with Crippen LogP contribution in [0, 0.1) is 0 Å². The molecule has 3 N–H and O–H groups in total. The van der Waals surface area contributed by atoms with Gasteiger partial charge in [-0.05, 0) is 41.7 Å². The smallest absolute Gasteiger partial charge is 0.315 e. The molecule has 1 aromatic rings. The molecule has 98 valence electrons. The van der Waals surface area contributed by atoms with Gasteiger partial charge in [-0.3, -0.25) is 0 Å². The number of amides is 2. The van der Waals surface area contributed by atoms with Crippen molar-refractivity contribution in [2.45, 2.75) is 31.4 Å². The Kier molecular flexibility index (Phi) is 4.78. The van der Waals surface area contributed by atoms with E-state index in [2.05, 4.69) is 16.7 Å². The summed E-state index contributed by atoms with van der Waals surface area (Å²) in [6.07, 6.45) is 6.67. The molecule has 1 aliphatic carbocycles. The van der Waals surface area contributed by atoms with E-state index in [1.807, 2.05) is 22.9 Å². The van der Waals surface area contributed by atoms with Crippen molar-refractivity contribution in [2.24, 2.45) is 0 Å². The van der Waals surface area contributed by atoms with E-state index < -0.39 is 6.10 Å². The number of thiophene rings is 1. The van der Waals surface area contributed by atoms with Gasteiger partial charge >= 0.3 is 6.03 Å². The molecule has 0 fully saturated rings. The first kappa shape index (κ1) is 13.1. The van der Waals surface area contributed by atoms with Crippen molar-refractivity contribution in [2.75, 3.05) is 6.54 Å². The van der Waals surface area contributed by atoms with Gasteiger partial charge in [0.2, 0.25) is 0 Å². The lowest BCUT2D eigenvalue weighted by atomic mass is 10.0. The van der Waals surface area contributed by atoms with Crippen LogP contribution < -0.4 is 10.6 Å². The van der Waals surface area contributed by atoms with E-state index in [0.717, 1.165) is 24.8 Å². The Hall–Kier alpha value is -1.33. The Bertz CT molecular complexity index is 403. The number of aliphatic hydroxyl groups is 1. The molecule has 2 rings (SSSR count). The Morgan fingerprint density at radius 3 is 3.17 bits per heavy atom. The largest absolute Gasteiger partial charge is 0.387 e. The Morgan fingerprint density at radius 1 is 1.61 bits per heavy atom. The lowest BCUT2D eigenvalue weighted by molar-refractivity contribution is 0.173. The molecule has 0 aromatic carbocycles. The highest BCUT2D eigenvalue weighted by molar-refractivity contribution is 7.07. The molecule has 4 nitrogen and oxygen atoms in total.